The number of amidine groups is 1. The summed E-state index contributed by atoms with van der Waals surface area (Å²) >= 11 is 1.87. The molecule has 3 nitrogen and oxygen atoms in total. The summed E-state index contributed by atoms with van der Waals surface area (Å²) in [6.07, 6.45) is 3.87. The van der Waals surface area contributed by atoms with Crippen molar-refractivity contribution in [3.8, 4) is 0 Å². The van der Waals surface area contributed by atoms with Crippen LogP contribution in [-0.2, 0) is 0 Å². The van der Waals surface area contributed by atoms with Crippen LogP contribution in [0.15, 0.2) is 4.99 Å². The Kier molecular flexibility index (Phi) is 4.13. The van der Waals surface area contributed by atoms with E-state index in [4.69, 9.17) is 0 Å². The van der Waals surface area contributed by atoms with E-state index in [1.54, 1.807) is 0 Å². The molecule has 0 aromatic rings. The molecule has 0 aromatic carbocycles. The predicted molar refractivity (Wildman–Crippen MR) is 63.0 cm³/mol. The number of nitrogens with one attached hydrogen (secondary N) is 2. The lowest BCUT2D eigenvalue weighted by Gasteiger charge is -2.14. The monoisotopic (exact) mass is 213 g/mol. The van der Waals surface area contributed by atoms with Crippen molar-refractivity contribution < 1.29 is 0 Å². The molecule has 14 heavy (non-hydrogen) atoms. The van der Waals surface area contributed by atoms with E-state index in [0.29, 0.717) is 0 Å². The van der Waals surface area contributed by atoms with Gasteiger partial charge in [0, 0.05) is 18.8 Å². The van der Waals surface area contributed by atoms with Gasteiger partial charge in [0.2, 0.25) is 0 Å². The minimum absolute atomic E-state index is 0.886. The van der Waals surface area contributed by atoms with Crippen molar-refractivity contribution in [2.75, 3.05) is 31.9 Å². The fourth-order valence-corrected chi connectivity index (χ4v) is 2.76. The molecule has 1 fully saturated rings. The summed E-state index contributed by atoms with van der Waals surface area (Å²) in [4.78, 5) is 4.45. The predicted octanol–water partition coefficient (Wildman–Crippen LogP) is 1.07. The van der Waals surface area contributed by atoms with Crippen LogP contribution in [0.25, 0.3) is 0 Å². The normalized spacial score (nSPS) is 27.4. The SMILES string of the molecule is C1CN=C(NCCC2CCNC2)SC1. The summed E-state index contributed by atoms with van der Waals surface area (Å²) in [6, 6.07) is 0. The summed E-state index contributed by atoms with van der Waals surface area (Å²) in [5.41, 5.74) is 0. The van der Waals surface area contributed by atoms with Crippen molar-refractivity contribution in [1.82, 2.24) is 10.6 Å². The standard InChI is InChI=1S/C10H19N3S/c1-4-12-10(14-7-1)13-6-3-9-2-5-11-8-9/h9,11H,1-8H2,(H,12,13). The highest BCUT2D eigenvalue weighted by atomic mass is 32.2. The zero-order valence-electron chi connectivity index (χ0n) is 8.59. The molecule has 0 aromatic heterocycles. The van der Waals surface area contributed by atoms with E-state index in [1.807, 2.05) is 11.8 Å². The van der Waals surface area contributed by atoms with Crippen LogP contribution in [0.2, 0.25) is 0 Å². The molecule has 80 valence electrons. The second-order valence-corrected chi connectivity index (χ2v) is 5.05. The molecule has 2 rings (SSSR count). The van der Waals surface area contributed by atoms with Crippen LogP contribution in [0.1, 0.15) is 19.3 Å². The molecule has 2 aliphatic rings. The fourth-order valence-electron chi connectivity index (χ4n) is 1.91. The Labute approximate surface area is 90.1 Å². The Morgan fingerprint density at radius 3 is 3.29 bits per heavy atom. The average molecular weight is 213 g/mol. The number of thioether (sulfide) groups is 1. The van der Waals surface area contributed by atoms with E-state index in [1.165, 1.54) is 43.3 Å². The number of aliphatic imine (C=N–C) groups is 1. The Hall–Kier alpha value is -0.220. The first kappa shape index (κ1) is 10.3. The molecule has 0 spiro atoms. The lowest BCUT2D eigenvalue weighted by atomic mass is 10.1. The summed E-state index contributed by atoms with van der Waals surface area (Å²) in [7, 11) is 0. The van der Waals surface area contributed by atoms with E-state index in [0.717, 1.165) is 19.0 Å². The lowest BCUT2D eigenvalue weighted by molar-refractivity contribution is 0.528. The molecule has 1 atom stereocenters. The van der Waals surface area contributed by atoms with Gasteiger partial charge in [-0.15, -0.1) is 0 Å². The second kappa shape index (κ2) is 5.61. The molecule has 1 unspecified atom stereocenters. The molecular formula is C10H19N3S. The molecule has 0 aliphatic carbocycles. The molecule has 2 heterocycles. The molecule has 1 saturated heterocycles. The molecule has 4 heteroatoms. The van der Waals surface area contributed by atoms with Gasteiger partial charge in [-0.25, -0.2) is 0 Å². The van der Waals surface area contributed by atoms with Crippen molar-refractivity contribution in [3.63, 3.8) is 0 Å². The van der Waals surface area contributed by atoms with Gasteiger partial charge in [0.05, 0.1) is 0 Å². The van der Waals surface area contributed by atoms with Crippen LogP contribution < -0.4 is 10.6 Å². The van der Waals surface area contributed by atoms with Gasteiger partial charge in [0.15, 0.2) is 5.17 Å². The zero-order chi connectivity index (χ0) is 9.64. The van der Waals surface area contributed by atoms with Crippen LogP contribution in [0.3, 0.4) is 0 Å². The van der Waals surface area contributed by atoms with Crippen LogP contribution in [0.4, 0.5) is 0 Å². The van der Waals surface area contributed by atoms with E-state index >= 15 is 0 Å². The van der Waals surface area contributed by atoms with Gasteiger partial charge >= 0.3 is 0 Å². The van der Waals surface area contributed by atoms with Crippen molar-refractivity contribution >= 4 is 16.9 Å². The molecule has 0 saturated carbocycles. The van der Waals surface area contributed by atoms with Crippen LogP contribution in [-0.4, -0.2) is 37.1 Å². The van der Waals surface area contributed by atoms with Crippen molar-refractivity contribution in [1.29, 1.82) is 0 Å². The second-order valence-electron chi connectivity index (χ2n) is 3.96. The van der Waals surface area contributed by atoms with Crippen LogP contribution >= 0.6 is 11.8 Å². The van der Waals surface area contributed by atoms with Gasteiger partial charge in [-0.3, -0.25) is 4.99 Å². The number of rotatable bonds is 3. The Morgan fingerprint density at radius 1 is 1.57 bits per heavy atom. The fraction of sp³-hybridized carbons (Fsp3) is 0.900. The molecule has 0 bridgehead atoms. The zero-order valence-corrected chi connectivity index (χ0v) is 9.41. The van der Waals surface area contributed by atoms with Gasteiger partial charge in [-0.05, 0) is 38.3 Å². The first-order valence-corrected chi connectivity index (χ1v) is 6.55. The van der Waals surface area contributed by atoms with Gasteiger partial charge in [0.25, 0.3) is 0 Å². The molecule has 0 amide bonds. The highest BCUT2D eigenvalue weighted by Crippen LogP contribution is 2.13. The van der Waals surface area contributed by atoms with E-state index < -0.39 is 0 Å². The lowest BCUT2D eigenvalue weighted by Crippen LogP contribution is -2.26. The van der Waals surface area contributed by atoms with E-state index in [9.17, 15) is 0 Å². The van der Waals surface area contributed by atoms with Crippen molar-refractivity contribution in [3.05, 3.63) is 0 Å². The Morgan fingerprint density at radius 2 is 2.57 bits per heavy atom. The molecule has 2 N–H and O–H groups in total. The van der Waals surface area contributed by atoms with E-state index in [2.05, 4.69) is 15.6 Å². The third-order valence-corrected chi connectivity index (χ3v) is 3.83. The molecule has 0 radical (unpaired) electrons. The van der Waals surface area contributed by atoms with Crippen molar-refractivity contribution in [2.45, 2.75) is 19.3 Å². The maximum absolute atomic E-state index is 4.45. The quantitative estimate of drug-likeness (QED) is 0.736. The maximum Gasteiger partial charge on any atom is 0.156 e. The summed E-state index contributed by atoms with van der Waals surface area (Å²) in [6.45, 7) is 4.53. The Bertz CT molecular complexity index is 200. The van der Waals surface area contributed by atoms with Gasteiger partial charge in [-0.1, -0.05) is 11.8 Å². The third kappa shape index (κ3) is 3.17. The maximum atomic E-state index is 4.45. The first-order valence-electron chi connectivity index (χ1n) is 5.57. The number of hydrogen-bond donors (Lipinski definition) is 2. The number of nitrogens with zero attached hydrogens (tertiary/aromatic N) is 1. The number of hydrogen-bond acceptors (Lipinski definition) is 4. The Balaban J connectivity index is 1.59. The van der Waals surface area contributed by atoms with Gasteiger partial charge in [-0.2, -0.15) is 0 Å². The highest BCUT2D eigenvalue weighted by Gasteiger charge is 2.14. The topological polar surface area (TPSA) is 36.4 Å². The van der Waals surface area contributed by atoms with E-state index in [-0.39, 0.29) is 0 Å². The van der Waals surface area contributed by atoms with Crippen molar-refractivity contribution in [2.24, 2.45) is 10.9 Å². The minimum Gasteiger partial charge on any atom is -0.365 e. The third-order valence-electron chi connectivity index (χ3n) is 2.79. The highest BCUT2D eigenvalue weighted by molar-refractivity contribution is 8.13. The first-order chi connectivity index (χ1) is 6.95. The van der Waals surface area contributed by atoms with Gasteiger partial charge < -0.3 is 10.6 Å². The largest absolute Gasteiger partial charge is 0.365 e. The molecular weight excluding hydrogens is 194 g/mol. The molecule has 2 aliphatic heterocycles. The summed E-state index contributed by atoms with van der Waals surface area (Å²) in [5, 5.41) is 8.00. The van der Waals surface area contributed by atoms with Crippen LogP contribution in [0, 0.1) is 5.92 Å². The summed E-state index contributed by atoms with van der Waals surface area (Å²) < 4.78 is 0. The smallest absolute Gasteiger partial charge is 0.156 e. The van der Waals surface area contributed by atoms with Crippen LogP contribution in [0.5, 0.6) is 0 Å². The average Bonchev–Trinajstić information content (AvgIpc) is 2.72. The van der Waals surface area contributed by atoms with Gasteiger partial charge in [0.1, 0.15) is 0 Å². The minimum atomic E-state index is 0.886. The summed E-state index contributed by atoms with van der Waals surface area (Å²) in [5.74, 6) is 2.12.